The lowest BCUT2D eigenvalue weighted by Gasteiger charge is -2.35. The van der Waals surface area contributed by atoms with Crippen LogP contribution in [0.1, 0.15) is 5.01 Å². The van der Waals surface area contributed by atoms with Crippen LogP contribution in [0, 0.1) is 0 Å². The van der Waals surface area contributed by atoms with Crippen LogP contribution in [-0.4, -0.2) is 76.9 Å². The fourth-order valence-electron chi connectivity index (χ4n) is 2.56. The number of aliphatic hydroxyl groups excluding tert-OH is 3. The summed E-state index contributed by atoms with van der Waals surface area (Å²) in [6.07, 6.45) is -4.60. The van der Waals surface area contributed by atoms with Crippen LogP contribution in [0.2, 0.25) is 5.02 Å². The third-order valence-electron chi connectivity index (χ3n) is 4.07. The second-order valence-electron chi connectivity index (χ2n) is 6.09. The first-order valence-electron chi connectivity index (χ1n) is 8.43. The number of nitrogens with zero attached hydrogens (tertiary/aromatic N) is 6. The Kier molecular flexibility index (Phi) is 6.24. The highest BCUT2D eigenvalue weighted by Crippen LogP contribution is 2.27. The molecule has 2 aromatic heterocycles. The molecule has 0 aliphatic carbocycles. The van der Waals surface area contributed by atoms with Crippen LogP contribution in [0.3, 0.4) is 0 Å². The van der Waals surface area contributed by atoms with Gasteiger partial charge in [-0.15, -0.1) is 15.3 Å². The van der Waals surface area contributed by atoms with Crippen molar-refractivity contribution in [3.05, 3.63) is 34.3 Å². The second kappa shape index (κ2) is 8.87. The molecule has 0 unspecified atom stereocenters. The van der Waals surface area contributed by atoms with E-state index in [1.54, 1.807) is 16.8 Å². The second-order valence-corrected chi connectivity index (χ2v) is 8.53. The Labute approximate surface area is 177 Å². The Morgan fingerprint density at radius 3 is 2.76 bits per heavy atom. The number of hydrogen-bond donors (Lipinski definition) is 4. The number of halogens is 1. The van der Waals surface area contributed by atoms with Gasteiger partial charge >= 0.3 is 0 Å². The van der Waals surface area contributed by atoms with Crippen molar-refractivity contribution in [1.82, 2.24) is 30.4 Å². The molecule has 1 aliphatic rings. The maximum absolute atomic E-state index is 9.98. The average molecular weight is 458 g/mol. The summed E-state index contributed by atoms with van der Waals surface area (Å²) in [5, 5.41) is 54.3. The molecule has 0 spiro atoms. The van der Waals surface area contributed by atoms with Crippen LogP contribution >= 0.6 is 34.7 Å². The third-order valence-corrected chi connectivity index (χ3v) is 6.29. The Morgan fingerprint density at radius 1 is 1.17 bits per heavy atom. The number of rotatable bonds is 6. The number of anilines is 1. The highest BCUT2D eigenvalue weighted by Gasteiger charge is 2.37. The van der Waals surface area contributed by atoms with Gasteiger partial charge in [0.15, 0.2) is 6.23 Å². The Morgan fingerprint density at radius 2 is 1.97 bits per heavy atom. The first kappa shape index (κ1) is 20.4. The molecular weight excluding hydrogens is 442 g/mol. The summed E-state index contributed by atoms with van der Waals surface area (Å²) in [6, 6.07) is 7.15. The smallest absolute Gasteiger partial charge is 0.214 e. The zero-order valence-corrected chi connectivity index (χ0v) is 17.0. The largest absolute Gasteiger partial charge is 0.388 e. The van der Waals surface area contributed by atoms with Gasteiger partial charge in [0.1, 0.15) is 23.3 Å². The molecular formula is C15H16ClN7O4S2. The van der Waals surface area contributed by atoms with Crippen molar-refractivity contribution < 1.29 is 20.1 Å². The molecule has 4 rings (SSSR count). The highest BCUT2D eigenvalue weighted by atomic mass is 35.5. The van der Waals surface area contributed by atoms with E-state index in [0.29, 0.717) is 26.1 Å². The molecule has 0 bridgehead atoms. The molecule has 11 nitrogen and oxygen atoms in total. The van der Waals surface area contributed by atoms with Crippen molar-refractivity contribution in [3.63, 3.8) is 0 Å². The molecule has 4 N–H and O–H groups in total. The minimum atomic E-state index is -1.30. The van der Waals surface area contributed by atoms with Crippen LogP contribution in [-0.2, 0) is 10.5 Å². The molecule has 14 heteroatoms. The molecule has 0 radical (unpaired) electrons. The SMILES string of the molecule is O[C@@H]1[C@@H](O)[C@H](Nc2nnc(CSc3nnnn3-c3ccc(Cl)cc3)s2)OC[C@H]1O. The van der Waals surface area contributed by atoms with Crippen molar-refractivity contribution in [2.75, 3.05) is 11.9 Å². The van der Waals surface area contributed by atoms with Crippen molar-refractivity contribution in [2.45, 2.75) is 35.4 Å². The molecule has 1 aromatic carbocycles. The van der Waals surface area contributed by atoms with E-state index in [2.05, 4.69) is 31.0 Å². The molecule has 0 saturated carbocycles. The first-order valence-corrected chi connectivity index (χ1v) is 10.6. The van der Waals surface area contributed by atoms with E-state index in [9.17, 15) is 15.3 Å². The van der Waals surface area contributed by atoms with Gasteiger partial charge in [-0.05, 0) is 34.7 Å². The number of thioether (sulfide) groups is 1. The van der Waals surface area contributed by atoms with Gasteiger partial charge in [0, 0.05) is 5.02 Å². The van der Waals surface area contributed by atoms with Crippen molar-refractivity contribution in [3.8, 4) is 5.69 Å². The number of ether oxygens (including phenoxy) is 1. The van der Waals surface area contributed by atoms with Gasteiger partial charge in [0.2, 0.25) is 10.3 Å². The number of nitrogens with one attached hydrogen (secondary N) is 1. The number of aromatic nitrogens is 6. The minimum Gasteiger partial charge on any atom is -0.388 e. The highest BCUT2D eigenvalue weighted by molar-refractivity contribution is 7.98. The molecule has 1 aliphatic heterocycles. The van der Waals surface area contributed by atoms with E-state index in [-0.39, 0.29) is 6.61 Å². The minimum absolute atomic E-state index is 0.0925. The topological polar surface area (TPSA) is 151 Å². The van der Waals surface area contributed by atoms with E-state index >= 15 is 0 Å². The van der Waals surface area contributed by atoms with Crippen LogP contribution in [0.4, 0.5) is 5.13 Å². The van der Waals surface area contributed by atoms with E-state index in [0.717, 1.165) is 5.69 Å². The lowest BCUT2D eigenvalue weighted by Crippen LogP contribution is -2.55. The molecule has 4 atom stereocenters. The lowest BCUT2D eigenvalue weighted by molar-refractivity contribution is -0.178. The van der Waals surface area contributed by atoms with Gasteiger partial charge in [0.05, 0.1) is 18.0 Å². The van der Waals surface area contributed by atoms with Crippen molar-refractivity contribution in [1.29, 1.82) is 0 Å². The normalized spacial score (nSPS) is 24.6. The van der Waals surface area contributed by atoms with Gasteiger partial charge < -0.3 is 25.4 Å². The monoisotopic (exact) mass is 457 g/mol. The zero-order chi connectivity index (χ0) is 20.4. The summed E-state index contributed by atoms with van der Waals surface area (Å²) in [7, 11) is 0. The maximum Gasteiger partial charge on any atom is 0.214 e. The fraction of sp³-hybridized carbons (Fsp3) is 0.400. The summed E-state index contributed by atoms with van der Waals surface area (Å²) in [5.74, 6) is 0.475. The van der Waals surface area contributed by atoms with Crippen molar-refractivity contribution in [2.24, 2.45) is 0 Å². The Balaban J connectivity index is 1.37. The van der Waals surface area contributed by atoms with Gasteiger partial charge in [-0.2, -0.15) is 4.68 Å². The van der Waals surface area contributed by atoms with Crippen LogP contribution in [0.15, 0.2) is 29.4 Å². The number of benzene rings is 1. The predicted octanol–water partition coefficient (Wildman–Crippen LogP) is 0.310. The third kappa shape index (κ3) is 4.66. The molecule has 3 aromatic rings. The molecule has 29 heavy (non-hydrogen) atoms. The van der Waals surface area contributed by atoms with E-state index < -0.39 is 24.5 Å². The maximum atomic E-state index is 9.98. The van der Waals surface area contributed by atoms with Gasteiger partial charge in [-0.25, -0.2) is 0 Å². The van der Waals surface area contributed by atoms with E-state index in [1.807, 2.05) is 12.1 Å². The summed E-state index contributed by atoms with van der Waals surface area (Å²) < 4.78 is 6.90. The summed E-state index contributed by atoms with van der Waals surface area (Å²) in [6.45, 7) is -0.0925. The number of aliphatic hydroxyl groups is 3. The van der Waals surface area contributed by atoms with Crippen molar-refractivity contribution >= 4 is 39.8 Å². The van der Waals surface area contributed by atoms with Gasteiger partial charge in [-0.1, -0.05) is 34.7 Å². The van der Waals surface area contributed by atoms with Crippen LogP contribution in [0.5, 0.6) is 0 Å². The first-order chi connectivity index (χ1) is 14.0. The van der Waals surface area contributed by atoms with Gasteiger partial charge in [0.25, 0.3) is 0 Å². The summed E-state index contributed by atoms with van der Waals surface area (Å²) in [4.78, 5) is 0. The number of hydrogen-bond acceptors (Lipinski definition) is 12. The molecule has 3 heterocycles. The molecule has 0 amide bonds. The zero-order valence-electron chi connectivity index (χ0n) is 14.7. The number of tetrazole rings is 1. The summed E-state index contributed by atoms with van der Waals surface area (Å²) in [5.41, 5.74) is 0.783. The van der Waals surface area contributed by atoms with E-state index in [4.69, 9.17) is 16.3 Å². The standard InChI is InChI=1S/C15H16ClN7O4S2/c16-7-1-3-8(4-2-7)23-15(20-21-22-23)28-6-10-18-19-14(29-10)17-13-12(26)11(25)9(24)5-27-13/h1-4,9,11-13,24-26H,5-6H2,(H,17,19)/t9-,11+,12-,13-/m1/s1. The lowest BCUT2D eigenvalue weighted by atomic mass is 10.0. The predicted molar refractivity (Wildman–Crippen MR) is 105 cm³/mol. The summed E-state index contributed by atoms with van der Waals surface area (Å²) >= 11 is 8.57. The molecule has 154 valence electrons. The van der Waals surface area contributed by atoms with Crippen LogP contribution in [0.25, 0.3) is 5.69 Å². The average Bonchev–Trinajstić information content (AvgIpc) is 3.37. The van der Waals surface area contributed by atoms with E-state index in [1.165, 1.54) is 23.1 Å². The van der Waals surface area contributed by atoms with Gasteiger partial charge in [-0.3, -0.25) is 0 Å². The Hall–Kier alpha value is -1.87. The quantitative estimate of drug-likeness (QED) is 0.378. The molecule has 1 fully saturated rings. The Bertz CT molecular complexity index is 956. The van der Waals surface area contributed by atoms with Crippen LogP contribution < -0.4 is 5.32 Å². The fourth-order valence-corrected chi connectivity index (χ4v) is 4.33. The molecule has 1 saturated heterocycles.